The lowest BCUT2D eigenvalue weighted by molar-refractivity contribution is 0.628. The molecule has 0 atom stereocenters. The van der Waals surface area contributed by atoms with Gasteiger partial charge in [0.1, 0.15) is 5.82 Å². The summed E-state index contributed by atoms with van der Waals surface area (Å²) in [5.41, 5.74) is 6.09. The number of nitrogens with two attached hydrogens (primary N) is 1. The molecule has 0 aliphatic carbocycles. The molecular formula is C9H15N3O. The van der Waals surface area contributed by atoms with E-state index in [2.05, 4.69) is 23.8 Å². The Hall–Kier alpha value is -1.16. The van der Waals surface area contributed by atoms with Gasteiger partial charge in [-0.1, -0.05) is 13.8 Å². The van der Waals surface area contributed by atoms with Gasteiger partial charge in [-0.25, -0.2) is 4.98 Å². The molecule has 1 aromatic rings. The van der Waals surface area contributed by atoms with Crippen LogP contribution in [0.5, 0.6) is 0 Å². The third-order valence-corrected chi connectivity index (χ3v) is 1.65. The van der Waals surface area contributed by atoms with Crippen LogP contribution in [0.2, 0.25) is 0 Å². The number of hydrogen-bond acceptors (Lipinski definition) is 3. The van der Waals surface area contributed by atoms with Crippen LogP contribution in [-0.4, -0.2) is 9.97 Å². The number of H-pyrrole nitrogens is 1. The first-order chi connectivity index (χ1) is 6.11. The molecule has 3 N–H and O–H groups in total. The second-order valence-electron chi connectivity index (χ2n) is 3.49. The third kappa shape index (κ3) is 2.99. The third-order valence-electron chi connectivity index (χ3n) is 1.65. The highest BCUT2D eigenvalue weighted by molar-refractivity contribution is 5.03. The molecule has 0 unspecified atom stereocenters. The Morgan fingerprint density at radius 2 is 2.31 bits per heavy atom. The summed E-state index contributed by atoms with van der Waals surface area (Å²) in [6, 6.07) is 1.53. The second-order valence-corrected chi connectivity index (χ2v) is 3.49. The number of aromatic nitrogens is 2. The lowest BCUT2D eigenvalue weighted by Crippen LogP contribution is -2.16. The fraction of sp³-hybridized carbons (Fsp3) is 0.556. The van der Waals surface area contributed by atoms with E-state index < -0.39 is 0 Å². The van der Waals surface area contributed by atoms with Crippen LogP contribution in [0.1, 0.15) is 25.4 Å². The summed E-state index contributed by atoms with van der Waals surface area (Å²) in [5, 5.41) is 0. The van der Waals surface area contributed by atoms with Crippen molar-refractivity contribution >= 4 is 0 Å². The molecule has 1 rings (SSSR count). The first-order valence-corrected chi connectivity index (χ1v) is 4.41. The van der Waals surface area contributed by atoms with Gasteiger partial charge in [0.15, 0.2) is 0 Å². The normalized spacial score (nSPS) is 10.8. The molecule has 13 heavy (non-hydrogen) atoms. The Kier molecular flexibility index (Phi) is 3.19. The minimum Gasteiger partial charge on any atom is -0.324 e. The number of hydrogen-bond donors (Lipinski definition) is 2. The highest BCUT2D eigenvalue weighted by Crippen LogP contribution is 2.02. The molecule has 0 fully saturated rings. The molecule has 0 bridgehead atoms. The van der Waals surface area contributed by atoms with Crippen molar-refractivity contribution in [3.8, 4) is 0 Å². The van der Waals surface area contributed by atoms with Crippen LogP contribution < -0.4 is 11.3 Å². The maximum absolute atomic E-state index is 11.1. The van der Waals surface area contributed by atoms with Crippen LogP contribution >= 0.6 is 0 Å². The van der Waals surface area contributed by atoms with E-state index in [1.807, 2.05) is 0 Å². The summed E-state index contributed by atoms with van der Waals surface area (Å²) in [6.07, 6.45) is 0.816. The molecule has 0 saturated heterocycles. The summed E-state index contributed by atoms with van der Waals surface area (Å²) in [7, 11) is 0. The van der Waals surface area contributed by atoms with Gasteiger partial charge in [0.05, 0.1) is 6.54 Å². The van der Waals surface area contributed by atoms with Crippen molar-refractivity contribution in [1.29, 1.82) is 0 Å². The summed E-state index contributed by atoms with van der Waals surface area (Å²) in [4.78, 5) is 17.9. The molecule has 0 radical (unpaired) electrons. The topological polar surface area (TPSA) is 71.8 Å². The highest BCUT2D eigenvalue weighted by Gasteiger charge is 2.02. The van der Waals surface area contributed by atoms with E-state index in [0.29, 0.717) is 11.7 Å². The van der Waals surface area contributed by atoms with Crippen molar-refractivity contribution in [3.05, 3.63) is 27.9 Å². The van der Waals surface area contributed by atoms with Gasteiger partial charge in [0, 0.05) is 11.8 Å². The highest BCUT2D eigenvalue weighted by atomic mass is 16.1. The minimum atomic E-state index is -0.119. The summed E-state index contributed by atoms with van der Waals surface area (Å²) in [5.74, 6) is 1.06. The fourth-order valence-electron chi connectivity index (χ4n) is 1.18. The maximum Gasteiger partial charge on any atom is 0.251 e. The maximum atomic E-state index is 11.1. The Bertz CT molecular complexity index is 330. The van der Waals surface area contributed by atoms with E-state index in [1.165, 1.54) is 6.07 Å². The average Bonchev–Trinajstić information content (AvgIpc) is 2.01. The van der Waals surface area contributed by atoms with Crippen LogP contribution in [0, 0.1) is 5.92 Å². The number of nitrogens with zero attached hydrogens (tertiary/aromatic N) is 1. The van der Waals surface area contributed by atoms with Crippen LogP contribution in [0.25, 0.3) is 0 Å². The van der Waals surface area contributed by atoms with E-state index in [9.17, 15) is 4.79 Å². The lowest BCUT2D eigenvalue weighted by Gasteiger charge is -2.04. The first-order valence-electron chi connectivity index (χ1n) is 4.41. The molecule has 1 aromatic heterocycles. The monoisotopic (exact) mass is 181 g/mol. The molecule has 1 heterocycles. The van der Waals surface area contributed by atoms with E-state index >= 15 is 0 Å². The van der Waals surface area contributed by atoms with Gasteiger partial charge in [-0.05, 0) is 12.3 Å². The first kappa shape index (κ1) is 9.92. The summed E-state index contributed by atoms with van der Waals surface area (Å²) < 4.78 is 0. The molecule has 0 aliphatic heterocycles. The van der Waals surface area contributed by atoms with Crippen LogP contribution in [0.4, 0.5) is 0 Å². The van der Waals surface area contributed by atoms with Gasteiger partial charge in [-0.2, -0.15) is 0 Å². The zero-order chi connectivity index (χ0) is 9.84. The molecule has 4 nitrogen and oxygen atoms in total. The van der Waals surface area contributed by atoms with Gasteiger partial charge in [-0.3, -0.25) is 4.79 Å². The van der Waals surface area contributed by atoms with Crippen molar-refractivity contribution in [3.63, 3.8) is 0 Å². The van der Waals surface area contributed by atoms with Crippen LogP contribution in [-0.2, 0) is 13.0 Å². The van der Waals surface area contributed by atoms with Gasteiger partial charge < -0.3 is 10.7 Å². The van der Waals surface area contributed by atoms with Gasteiger partial charge in [-0.15, -0.1) is 0 Å². The van der Waals surface area contributed by atoms with Gasteiger partial charge >= 0.3 is 0 Å². The number of aromatic amines is 1. The molecule has 72 valence electrons. The predicted octanol–water partition coefficient (Wildman–Crippen LogP) is 0.427. The standard InChI is InChI=1S/C9H15N3O/c1-6(2)3-7-4-9(13)12-8(5-10)11-7/h4,6H,3,5,10H2,1-2H3,(H,11,12,13). The average molecular weight is 181 g/mol. The molecule has 0 amide bonds. The minimum absolute atomic E-state index is 0.119. The predicted molar refractivity (Wildman–Crippen MR) is 51.3 cm³/mol. The summed E-state index contributed by atoms with van der Waals surface area (Å²) in [6.45, 7) is 4.46. The van der Waals surface area contributed by atoms with Gasteiger partial charge in [0.2, 0.25) is 0 Å². The quantitative estimate of drug-likeness (QED) is 0.710. The molecule has 0 aromatic carbocycles. The fourth-order valence-corrected chi connectivity index (χ4v) is 1.18. The van der Waals surface area contributed by atoms with Crippen molar-refractivity contribution in [2.24, 2.45) is 11.7 Å². The molecule has 4 heteroatoms. The molecular weight excluding hydrogens is 166 g/mol. The smallest absolute Gasteiger partial charge is 0.251 e. The van der Waals surface area contributed by atoms with Crippen LogP contribution in [0.3, 0.4) is 0 Å². The Balaban J connectivity index is 2.95. The van der Waals surface area contributed by atoms with Gasteiger partial charge in [0.25, 0.3) is 5.56 Å². The Morgan fingerprint density at radius 3 is 2.85 bits per heavy atom. The van der Waals surface area contributed by atoms with Crippen LogP contribution in [0.15, 0.2) is 10.9 Å². The van der Waals surface area contributed by atoms with E-state index in [-0.39, 0.29) is 12.1 Å². The Labute approximate surface area is 77.2 Å². The summed E-state index contributed by atoms with van der Waals surface area (Å²) >= 11 is 0. The second kappa shape index (κ2) is 4.18. The van der Waals surface area contributed by atoms with Crippen molar-refractivity contribution in [2.75, 3.05) is 0 Å². The molecule has 0 saturated carbocycles. The van der Waals surface area contributed by atoms with E-state index in [0.717, 1.165) is 12.1 Å². The number of nitrogens with one attached hydrogen (secondary N) is 1. The largest absolute Gasteiger partial charge is 0.324 e. The van der Waals surface area contributed by atoms with E-state index in [4.69, 9.17) is 5.73 Å². The zero-order valence-corrected chi connectivity index (χ0v) is 8.00. The lowest BCUT2D eigenvalue weighted by atomic mass is 10.1. The molecule has 0 spiro atoms. The number of rotatable bonds is 3. The van der Waals surface area contributed by atoms with Crippen molar-refractivity contribution < 1.29 is 0 Å². The van der Waals surface area contributed by atoms with Crippen molar-refractivity contribution in [1.82, 2.24) is 9.97 Å². The zero-order valence-electron chi connectivity index (χ0n) is 8.00. The molecule has 0 aliphatic rings. The van der Waals surface area contributed by atoms with E-state index in [1.54, 1.807) is 0 Å². The SMILES string of the molecule is CC(C)Cc1cc(=O)[nH]c(CN)n1. The Morgan fingerprint density at radius 1 is 1.62 bits per heavy atom. The van der Waals surface area contributed by atoms with Crippen molar-refractivity contribution in [2.45, 2.75) is 26.8 Å².